The first-order valence-electron chi connectivity index (χ1n) is 9.91. The van der Waals surface area contributed by atoms with Crippen LogP contribution in [0.25, 0.3) is 10.9 Å². The van der Waals surface area contributed by atoms with E-state index in [0.717, 1.165) is 26.9 Å². The standard InChI is InChI=1S/C25H19N3O3/c1-14-10-15(2)20-13-22(27-21(20)11-14)23(29)26-16-6-5-7-17(12-16)28-24(30)18-8-3-4-9-19(18)25(28)31/h3-13,27H,1-2H3,(H,26,29). The third-order valence-corrected chi connectivity index (χ3v) is 5.49. The van der Waals surface area contributed by atoms with Crippen molar-refractivity contribution < 1.29 is 14.4 Å². The highest BCUT2D eigenvalue weighted by Gasteiger charge is 2.36. The van der Waals surface area contributed by atoms with Gasteiger partial charge in [0.05, 0.1) is 16.8 Å². The molecule has 0 atom stereocenters. The van der Waals surface area contributed by atoms with Crippen LogP contribution in [-0.2, 0) is 0 Å². The normalized spacial score (nSPS) is 13.0. The second-order valence-corrected chi connectivity index (χ2v) is 7.72. The molecule has 0 saturated carbocycles. The summed E-state index contributed by atoms with van der Waals surface area (Å²) in [7, 11) is 0. The number of amides is 3. The van der Waals surface area contributed by atoms with Crippen LogP contribution in [0, 0.1) is 13.8 Å². The number of hydrogen-bond donors (Lipinski definition) is 2. The largest absolute Gasteiger partial charge is 0.351 e. The molecule has 31 heavy (non-hydrogen) atoms. The lowest BCUT2D eigenvalue weighted by Crippen LogP contribution is -2.29. The summed E-state index contributed by atoms with van der Waals surface area (Å²) in [6.45, 7) is 4.02. The minimum atomic E-state index is -0.370. The number of aryl methyl sites for hydroxylation is 2. The molecule has 2 heterocycles. The lowest BCUT2D eigenvalue weighted by Gasteiger charge is -2.15. The molecule has 6 heteroatoms. The monoisotopic (exact) mass is 409 g/mol. The molecule has 0 saturated heterocycles. The van der Waals surface area contributed by atoms with E-state index in [1.165, 1.54) is 0 Å². The van der Waals surface area contributed by atoms with Crippen LogP contribution in [0.2, 0.25) is 0 Å². The molecule has 5 rings (SSSR count). The Hall–Kier alpha value is -4.19. The minimum Gasteiger partial charge on any atom is -0.351 e. The van der Waals surface area contributed by atoms with Crippen molar-refractivity contribution in [1.29, 1.82) is 0 Å². The summed E-state index contributed by atoms with van der Waals surface area (Å²) < 4.78 is 0. The zero-order chi connectivity index (χ0) is 21.7. The topological polar surface area (TPSA) is 82.3 Å². The fourth-order valence-corrected chi connectivity index (χ4v) is 4.07. The summed E-state index contributed by atoms with van der Waals surface area (Å²) in [5, 5.41) is 3.84. The number of imide groups is 1. The SMILES string of the molecule is Cc1cc(C)c2cc(C(=O)Nc3cccc(N4C(=O)c5ccccc5C4=O)c3)[nH]c2c1. The quantitative estimate of drug-likeness (QED) is 0.475. The Bertz CT molecular complexity index is 1370. The van der Waals surface area contributed by atoms with Gasteiger partial charge in [-0.1, -0.05) is 24.3 Å². The zero-order valence-electron chi connectivity index (χ0n) is 17.0. The van der Waals surface area contributed by atoms with E-state index in [0.29, 0.717) is 28.2 Å². The van der Waals surface area contributed by atoms with Crippen LogP contribution in [-0.4, -0.2) is 22.7 Å². The average molecular weight is 409 g/mol. The second kappa shape index (κ2) is 6.95. The van der Waals surface area contributed by atoms with Gasteiger partial charge in [0, 0.05) is 16.6 Å². The highest BCUT2D eigenvalue weighted by Crippen LogP contribution is 2.30. The molecule has 0 radical (unpaired) electrons. The number of carbonyl (C=O) groups is 3. The molecule has 0 aliphatic carbocycles. The molecule has 1 aromatic heterocycles. The molecule has 1 aliphatic heterocycles. The maximum atomic E-state index is 12.8. The molecular weight excluding hydrogens is 390 g/mol. The molecule has 6 nitrogen and oxygen atoms in total. The number of aromatic amines is 1. The number of hydrogen-bond acceptors (Lipinski definition) is 3. The van der Waals surface area contributed by atoms with E-state index in [-0.39, 0.29) is 17.7 Å². The summed E-state index contributed by atoms with van der Waals surface area (Å²) >= 11 is 0. The first-order valence-corrected chi connectivity index (χ1v) is 9.91. The van der Waals surface area contributed by atoms with Crippen LogP contribution < -0.4 is 10.2 Å². The van der Waals surface area contributed by atoms with Crippen molar-refractivity contribution in [3.05, 3.63) is 94.7 Å². The maximum Gasteiger partial charge on any atom is 0.272 e. The van der Waals surface area contributed by atoms with Gasteiger partial charge in [0.25, 0.3) is 17.7 Å². The predicted molar refractivity (Wildman–Crippen MR) is 120 cm³/mol. The lowest BCUT2D eigenvalue weighted by molar-refractivity contribution is 0.0925. The Morgan fingerprint density at radius 1 is 0.871 bits per heavy atom. The summed E-state index contributed by atoms with van der Waals surface area (Å²) in [6.07, 6.45) is 0. The number of H-pyrrole nitrogens is 1. The number of nitrogens with zero attached hydrogens (tertiary/aromatic N) is 1. The maximum absolute atomic E-state index is 12.8. The van der Waals surface area contributed by atoms with E-state index in [2.05, 4.69) is 16.4 Å². The van der Waals surface area contributed by atoms with Crippen LogP contribution in [0.5, 0.6) is 0 Å². The van der Waals surface area contributed by atoms with Gasteiger partial charge in [-0.25, -0.2) is 4.90 Å². The van der Waals surface area contributed by atoms with Gasteiger partial charge in [-0.2, -0.15) is 0 Å². The Kier molecular flexibility index (Phi) is 4.22. The first-order chi connectivity index (χ1) is 14.9. The Morgan fingerprint density at radius 3 is 2.29 bits per heavy atom. The van der Waals surface area contributed by atoms with Gasteiger partial charge in [-0.15, -0.1) is 0 Å². The molecule has 3 amide bonds. The predicted octanol–water partition coefficient (Wildman–Crippen LogP) is 4.84. The van der Waals surface area contributed by atoms with E-state index in [1.54, 1.807) is 48.5 Å². The van der Waals surface area contributed by atoms with E-state index in [1.807, 2.05) is 26.0 Å². The molecule has 152 valence electrons. The van der Waals surface area contributed by atoms with Crippen molar-refractivity contribution >= 4 is 40.0 Å². The highest BCUT2D eigenvalue weighted by atomic mass is 16.2. The van der Waals surface area contributed by atoms with Crippen molar-refractivity contribution in [1.82, 2.24) is 4.98 Å². The van der Waals surface area contributed by atoms with Crippen LogP contribution in [0.1, 0.15) is 42.3 Å². The van der Waals surface area contributed by atoms with Gasteiger partial charge in [0.1, 0.15) is 5.69 Å². The number of rotatable bonds is 3. The average Bonchev–Trinajstić information content (AvgIpc) is 3.28. The number of nitrogens with one attached hydrogen (secondary N) is 2. The molecule has 1 aliphatic rings. The molecule has 3 aromatic carbocycles. The van der Waals surface area contributed by atoms with Crippen LogP contribution >= 0.6 is 0 Å². The smallest absolute Gasteiger partial charge is 0.272 e. The molecule has 0 unspecified atom stereocenters. The van der Waals surface area contributed by atoms with Gasteiger partial charge in [-0.3, -0.25) is 14.4 Å². The van der Waals surface area contributed by atoms with Gasteiger partial charge in [0.15, 0.2) is 0 Å². The molecule has 2 N–H and O–H groups in total. The zero-order valence-corrected chi connectivity index (χ0v) is 17.0. The molecule has 4 aromatic rings. The van der Waals surface area contributed by atoms with Crippen LogP contribution in [0.15, 0.2) is 66.7 Å². The van der Waals surface area contributed by atoms with Crippen molar-refractivity contribution in [2.24, 2.45) is 0 Å². The summed E-state index contributed by atoms with van der Waals surface area (Å²) in [5.74, 6) is -1.04. The fraction of sp³-hybridized carbons (Fsp3) is 0.0800. The Labute approximate surface area is 178 Å². The van der Waals surface area contributed by atoms with E-state index >= 15 is 0 Å². The summed E-state index contributed by atoms with van der Waals surface area (Å²) in [6, 6.07) is 19.4. The van der Waals surface area contributed by atoms with Gasteiger partial charge < -0.3 is 10.3 Å². The lowest BCUT2D eigenvalue weighted by atomic mass is 10.1. The number of fused-ring (bicyclic) bond motifs is 2. The molecular formula is C25H19N3O3. The fourth-order valence-electron chi connectivity index (χ4n) is 4.07. The van der Waals surface area contributed by atoms with Crippen molar-refractivity contribution in [2.75, 3.05) is 10.2 Å². The van der Waals surface area contributed by atoms with Crippen molar-refractivity contribution in [3.63, 3.8) is 0 Å². The van der Waals surface area contributed by atoms with Gasteiger partial charge in [-0.05, 0) is 67.4 Å². The molecule has 0 bridgehead atoms. The molecule has 0 fully saturated rings. The van der Waals surface area contributed by atoms with Crippen LogP contribution in [0.3, 0.4) is 0 Å². The number of benzene rings is 3. The Balaban J connectivity index is 1.43. The van der Waals surface area contributed by atoms with Gasteiger partial charge in [0.2, 0.25) is 0 Å². The van der Waals surface area contributed by atoms with Crippen molar-refractivity contribution in [3.8, 4) is 0 Å². The Morgan fingerprint density at radius 2 is 1.58 bits per heavy atom. The molecule has 0 spiro atoms. The van der Waals surface area contributed by atoms with Crippen molar-refractivity contribution in [2.45, 2.75) is 13.8 Å². The number of anilines is 2. The summed E-state index contributed by atoms with van der Waals surface area (Å²) in [5.41, 5.74) is 5.22. The minimum absolute atomic E-state index is 0.298. The highest BCUT2D eigenvalue weighted by molar-refractivity contribution is 6.34. The summed E-state index contributed by atoms with van der Waals surface area (Å²) in [4.78, 5) is 42.6. The third kappa shape index (κ3) is 3.09. The van der Waals surface area contributed by atoms with E-state index in [4.69, 9.17) is 0 Å². The van der Waals surface area contributed by atoms with Crippen LogP contribution in [0.4, 0.5) is 11.4 Å². The van der Waals surface area contributed by atoms with Gasteiger partial charge >= 0.3 is 0 Å². The number of carbonyl (C=O) groups excluding carboxylic acids is 3. The third-order valence-electron chi connectivity index (χ3n) is 5.49. The van der Waals surface area contributed by atoms with E-state index in [9.17, 15) is 14.4 Å². The second-order valence-electron chi connectivity index (χ2n) is 7.72. The number of aromatic nitrogens is 1. The van der Waals surface area contributed by atoms with E-state index < -0.39 is 0 Å². The first kappa shape index (κ1) is 18.8.